The Morgan fingerprint density at radius 3 is 2.38 bits per heavy atom. The van der Waals surface area contributed by atoms with E-state index in [9.17, 15) is 18.6 Å². The molecule has 2 aliphatic heterocycles. The lowest BCUT2D eigenvalue weighted by Gasteiger charge is -2.30. The number of nitrogens with one attached hydrogen (secondary N) is 1. The lowest BCUT2D eigenvalue weighted by atomic mass is 10.0. The molecule has 148 valence electrons. The Morgan fingerprint density at radius 2 is 1.81 bits per heavy atom. The maximum Gasteiger partial charge on any atom is 0.240 e. The molecule has 4 atom stereocenters. The number of nitrogens with zero attached hydrogens (tertiary/aromatic N) is 1. The molecule has 1 aromatic rings. The molecule has 2 heterocycles. The number of aryl methyl sites for hydroxylation is 1. The molecule has 0 saturated carbocycles. The van der Waals surface area contributed by atoms with Gasteiger partial charge in [0.05, 0.1) is 23.6 Å². The Bertz CT molecular complexity index is 679. The van der Waals surface area contributed by atoms with Gasteiger partial charge in [0.1, 0.15) is 12.2 Å². The van der Waals surface area contributed by atoms with Crippen LogP contribution in [0.3, 0.4) is 0 Å². The number of halogens is 1. The molecule has 0 bridgehead atoms. The molecule has 9 heteroatoms. The van der Waals surface area contributed by atoms with Crippen LogP contribution >= 0.6 is 12.4 Å². The normalized spacial score (nSPS) is 29.7. The second-order valence-corrected chi connectivity index (χ2v) is 8.55. The predicted molar refractivity (Wildman–Crippen MR) is 100.0 cm³/mol. The van der Waals surface area contributed by atoms with E-state index in [1.54, 1.807) is 24.3 Å². The van der Waals surface area contributed by atoms with E-state index in [1.807, 2.05) is 6.92 Å². The standard InChI is InChI=1S/C17H26N2O5S.ClH/c1-12-4-6-13(7-5-12)25(22,23)18-10-14-16(19-8-2-3-9-19)17(21)15(11-20)24-14;/h4-7,14-18,20-21H,2-3,8-11H2,1H3;1H/t14-,15+,16+,17-;/m1./s1. The summed E-state index contributed by atoms with van der Waals surface area (Å²) in [6.07, 6.45) is 0.103. The monoisotopic (exact) mass is 406 g/mol. The lowest BCUT2D eigenvalue weighted by Crippen LogP contribution is -2.50. The molecule has 7 nitrogen and oxygen atoms in total. The largest absolute Gasteiger partial charge is 0.394 e. The van der Waals surface area contributed by atoms with Crippen LogP contribution in [0.1, 0.15) is 18.4 Å². The van der Waals surface area contributed by atoms with Crippen molar-refractivity contribution in [3.63, 3.8) is 0 Å². The van der Waals surface area contributed by atoms with Crippen LogP contribution in [0.25, 0.3) is 0 Å². The van der Waals surface area contributed by atoms with Gasteiger partial charge in [-0.1, -0.05) is 17.7 Å². The molecule has 0 aromatic heterocycles. The summed E-state index contributed by atoms with van der Waals surface area (Å²) in [5, 5.41) is 19.9. The van der Waals surface area contributed by atoms with Crippen LogP contribution in [-0.2, 0) is 14.8 Å². The van der Waals surface area contributed by atoms with Crippen molar-refractivity contribution >= 4 is 22.4 Å². The third-order valence-corrected chi connectivity index (χ3v) is 6.45. The Kier molecular flexibility index (Phi) is 7.43. The van der Waals surface area contributed by atoms with Gasteiger partial charge in [-0.2, -0.15) is 0 Å². The van der Waals surface area contributed by atoms with Gasteiger partial charge >= 0.3 is 0 Å². The highest BCUT2D eigenvalue weighted by Crippen LogP contribution is 2.28. The minimum absolute atomic E-state index is 0. The van der Waals surface area contributed by atoms with Gasteiger partial charge in [-0.25, -0.2) is 13.1 Å². The molecule has 0 spiro atoms. The molecule has 0 unspecified atom stereocenters. The fraction of sp³-hybridized carbons (Fsp3) is 0.647. The number of hydrogen-bond donors (Lipinski definition) is 3. The van der Waals surface area contributed by atoms with E-state index in [1.165, 1.54) is 0 Å². The van der Waals surface area contributed by atoms with Crippen molar-refractivity contribution in [2.24, 2.45) is 0 Å². The molecule has 26 heavy (non-hydrogen) atoms. The highest BCUT2D eigenvalue weighted by molar-refractivity contribution is 7.89. The smallest absolute Gasteiger partial charge is 0.240 e. The molecule has 3 rings (SSSR count). The molecule has 3 N–H and O–H groups in total. The van der Waals surface area contributed by atoms with Crippen LogP contribution in [0.15, 0.2) is 29.2 Å². The molecule has 2 aliphatic rings. The number of sulfonamides is 1. The Hall–Kier alpha value is -0.740. The van der Waals surface area contributed by atoms with Crippen LogP contribution < -0.4 is 4.72 Å². The summed E-state index contributed by atoms with van der Waals surface area (Å²) in [4.78, 5) is 2.33. The fourth-order valence-electron chi connectivity index (χ4n) is 3.63. The minimum atomic E-state index is -3.65. The molecule has 1 aromatic carbocycles. The van der Waals surface area contributed by atoms with Crippen molar-refractivity contribution in [3.8, 4) is 0 Å². The first-order chi connectivity index (χ1) is 11.9. The molecule has 0 amide bonds. The number of hydrogen-bond acceptors (Lipinski definition) is 6. The molecule has 0 radical (unpaired) electrons. The first-order valence-electron chi connectivity index (χ1n) is 8.67. The van der Waals surface area contributed by atoms with Crippen molar-refractivity contribution in [1.82, 2.24) is 9.62 Å². The average molecular weight is 407 g/mol. The van der Waals surface area contributed by atoms with Crippen molar-refractivity contribution in [2.45, 2.75) is 49.0 Å². The zero-order chi connectivity index (χ0) is 18.0. The van der Waals surface area contributed by atoms with Gasteiger partial charge in [-0.15, -0.1) is 12.4 Å². The zero-order valence-corrected chi connectivity index (χ0v) is 16.4. The van der Waals surface area contributed by atoms with E-state index in [2.05, 4.69) is 9.62 Å². The van der Waals surface area contributed by atoms with Crippen LogP contribution in [0.5, 0.6) is 0 Å². The summed E-state index contributed by atoms with van der Waals surface area (Å²) in [6, 6.07) is 6.33. The van der Waals surface area contributed by atoms with E-state index in [0.717, 1.165) is 31.5 Å². The second-order valence-electron chi connectivity index (χ2n) is 6.78. The number of benzene rings is 1. The maximum atomic E-state index is 12.5. The van der Waals surface area contributed by atoms with E-state index >= 15 is 0 Å². The number of likely N-dealkylation sites (tertiary alicyclic amines) is 1. The van der Waals surface area contributed by atoms with E-state index < -0.39 is 28.3 Å². The van der Waals surface area contributed by atoms with Crippen molar-refractivity contribution in [1.29, 1.82) is 0 Å². The van der Waals surface area contributed by atoms with Crippen molar-refractivity contribution in [3.05, 3.63) is 29.8 Å². The van der Waals surface area contributed by atoms with Crippen LogP contribution in [0, 0.1) is 6.92 Å². The van der Waals surface area contributed by atoms with Crippen molar-refractivity contribution in [2.75, 3.05) is 26.2 Å². The Balaban J connectivity index is 0.00000243. The third kappa shape index (κ3) is 4.56. The number of ether oxygens (including phenoxy) is 1. The summed E-state index contributed by atoms with van der Waals surface area (Å²) >= 11 is 0. The molecule has 0 aliphatic carbocycles. The SMILES string of the molecule is Cc1ccc(S(=O)(=O)NC[C@H]2O[C@@H](CO)[C@@H](O)[C@H]2N2CCCC2)cc1.Cl. The van der Waals surface area contributed by atoms with E-state index in [4.69, 9.17) is 4.74 Å². The predicted octanol–water partition coefficient (Wildman–Crippen LogP) is 0.280. The highest BCUT2D eigenvalue weighted by Gasteiger charge is 2.46. The maximum absolute atomic E-state index is 12.5. The quantitative estimate of drug-likeness (QED) is 0.627. The molecule has 2 saturated heterocycles. The van der Waals surface area contributed by atoms with Gasteiger partial charge in [0.25, 0.3) is 0 Å². The Morgan fingerprint density at radius 1 is 1.19 bits per heavy atom. The summed E-state index contributed by atoms with van der Waals surface area (Å²) in [6.45, 7) is 3.37. The topological polar surface area (TPSA) is 99.1 Å². The van der Waals surface area contributed by atoms with Crippen LogP contribution in [0.2, 0.25) is 0 Å². The second kappa shape index (κ2) is 8.97. The Labute approximate surface area is 160 Å². The number of aliphatic hydroxyl groups is 2. The molecular formula is C17H27ClN2O5S. The first kappa shape index (κ1) is 21.6. The zero-order valence-electron chi connectivity index (χ0n) is 14.7. The van der Waals surface area contributed by atoms with Gasteiger partial charge in [0.2, 0.25) is 10.0 Å². The third-order valence-electron chi connectivity index (χ3n) is 5.01. The van der Waals surface area contributed by atoms with Gasteiger partial charge in [0.15, 0.2) is 0 Å². The minimum Gasteiger partial charge on any atom is -0.394 e. The van der Waals surface area contributed by atoms with Gasteiger partial charge < -0.3 is 14.9 Å². The molecular weight excluding hydrogens is 380 g/mol. The van der Waals surface area contributed by atoms with Gasteiger partial charge in [-0.05, 0) is 45.0 Å². The summed E-state index contributed by atoms with van der Waals surface area (Å²) in [7, 11) is -3.65. The van der Waals surface area contributed by atoms with Gasteiger partial charge in [-0.3, -0.25) is 4.90 Å². The summed E-state index contributed by atoms with van der Waals surface area (Å²) in [5.41, 5.74) is 0.987. The summed E-state index contributed by atoms with van der Waals surface area (Å²) in [5.74, 6) is 0. The fourth-order valence-corrected chi connectivity index (χ4v) is 4.67. The highest BCUT2D eigenvalue weighted by atomic mass is 35.5. The lowest BCUT2D eigenvalue weighted by molar-refractivity contribution is -0.0201. The number of rotatable bonds is 6. The first-order valence-corrected chi connectivity index (χ1v) is 10.2. The number of aliphatic hydroxyl groups excluding tert-OH is 2. The summed E-state index contributed by atoms with van der Waals surface area (Å²) < 4.78 is 33.2. The average Bonchev–Trinajstić information content (AvgIpc) is 3.21. The van der Waals surface area contributed by atoms with Crippen molar-refractivity contribution < 1.29 is 23.4 Å². The molecule has 2 fully saturated rings. The van der Waals surface area contributed by atoms with E-state index in [-0.39, 0.29) is 36.5 Å². The van der Waals surface area contributed by atoms with E-state index in [0.29, 0.717) is 0 Å². The van der Waals surface area contributed by atoms with Crippen LogP contribution in [-0.4, -0.2) is 74.1 Å². The van der Waals surface area contributed by atoms with Crippen LogP contribution in [0.4, 0.5) is 0 Å². The van der Waals surface area contributed by atoms with Gasteiger partial charge in [0, 0.05) is 6.54 Å².